The van der Waals surface area contributed by atoms with E-state index in [-0.39, 0.29) is 25.1 Å². The number of rotatable bonds is 4. The first-order chi connectivity index (χ1) is 15.1. The highest BCUT2D eigenvalue weighted by Gasteiger charge is 2.38. The maximum Gasteiger partial charge on any atom is 0.419 e. The quantitative estimate of drug-likeness (QED) is 0.521. The minimum Gasteiger partial charge on any atom is -0.490 e. The van der Waals surface area contributed by atoms with E-state index in [1.165, 1.54) is 10.9 Å². The SMILES string of the molecule is O=C(O)Cn1ncc2c(NC(=O)NC3CCOc4c3ccc(C(F)(F)F)c4F)cccc21. The zero-order valence-corrected chi connectivity index (χ0v) is 16.2. The number of urea groups is 1. The summed E-state index contributed by atoms with van der Waals surface area (Å²) in [5.41, 5.74) is -0.498. The number of nitrogens with zero attached hydrogens (tertiary/aromatic N) is 2. The number of aromatic nitrogens is 2. The lowest BCUT2D eigenvalue weighted by atomic mass is 9.98. The Bertz CT molecular complexity index is 1210. The van der Waals surface area contributed by atoms with Crippen LogP contribution in [-0.4, -0.2) is 33.5 Å². The van der Waals surface area contributed by atoms with Gasteiger partial charge in [0.2, 0.25) is 0 Å². The average molecular weight is 452 g/mol. The van der Waals surface area contributed by atoms with E-state index in [0.717, 1.165) is 6.07 Å². The Morgan fingerprint density at radius 1 is 1.25 bits per heavy atom. The van der Waals surface area contributed by atoms with Crippen LogP contribution in [0.5, 0.6) is 5.75 Å². The lowest BCUT2D eigenvalue weighted by molar-refractivity contribution is -0.140. The summed E-state index contributed by atoms with van der Waals surface area (Å²) in [6, 6.07) is 5.09. The van der Waals surface area contributed by atoms with Crippen molar-refractivity contribution in [2.45, 2.75) is 25.2 Å². The molecule has 0 bridgehead atoms. The summed E-state index contributed by atoms with van der Waals surface area (Å²) in [6.45, 7) is -0.433. The molecule has 2 aromatic carbocycles. The fourth-order valence-electron chi connectivity index (χ4n) is 3.58. The maximum absolute atomic E-state index is 14.4. The van der Waals surface area contributed by atoms with Crippen LogP contribution in [0.2, 0.25) is 0 Å². The van der Waals surface area contributed by atoms with Crippen molar-refractivity contribution in [1.29, 1.82) is 0 Å². The lowest BCUT2D eigenvalue weighted by Crippen LogP contribution is -2.35. The number of halogens is 4. The van der Waals surface area contributed by atoms with Crippen molar-refractivity contribution in [3.63, 3.8) is 0 Å². The molecule has 168 valence electrons. The largest absolute Gasteiger partial charge is 0.490 e. The average Bonchev–Trinajstić information content (AvgIpc) is 3.11. The van der Waals surface area contributed by atoms with Crippen molar-refractivity contribution in [3.8, 4) is 5.75 Å². The van der Waals surface area contributed by atoms with Gasteiger partial charge in [0.25, 0.3) is 0 Å². The van der Waals surface area contributed by atoms with Gasteiger partial charge in [-0.05, 0) is 18.2 Å². The van der Waals surface area contributed by atoms with Gasteiger partial charge in [-0.25, -0.2) is 9.18 Å². The second-order valence-corrected chi connectivity index (χ2v) is 7.07. The van der Waals surface area contributed by atoms with Gasteiger partial charge >= 0.3 is 18.2 Å². The number of aliphatic carboxylic acids is 1. The van der Waals surface area contributed by atoms with Crippen LogP contribution in [0.25, 0.3) is 10.9 Å². The van der Waals surface area contributed by atoms with Crippen LogP contribution in [0.1, 0.15) is 23.6 Å². The fraction of sp³-hybridized carbons (Fsp3) is 0.250. The molecule has 1 aliphatic rings. The molecule has 3 aromatic rings. The molecule has 1 aromatic heterocycles. The Morgan fingerprint density at radius 2 is 2.03 bits per heavy atom. The molecule has 0 fully saturated rings. The first kappa shape index (κ1) is 21.4. The van der Waals surface area contributed by atoms with Crippen LogP contribution in [0.15, 0.2) is 36.5 Å². The number of amides is 2. The zero-order chi connectivity index (χ0) is 23.0. The number of benzene rings is 2. The Hall–Kier alpha value is -3.83. The van der Waals surface area contributed by atoms with Gasteiger partial charge in [-0.1, -0.05) is 12.1 Å². The van der Waals surface area contributed by atoms with E-state index in [0.29, 0.717) is 22.7 Å². The van der Waals surface area contributed by atoms with Crippen LogP contribution in [0.3, 0.4) is 0 Å². The van der Waals surface area contributed by atoms with Crippen LogP contribution >= 0.6 is 0 Å². The molecule has 0 saturated carbocycles. The minimum absolute atomic E-state index is 0.0757. The van der Waals surface area contributed by atoms with E-state index < -0.39 is 41.3 Å². The molecule has 1 aliphatic heterocycles. The molecule has 2 amide bonds. The standard InChI is InChI=1S/C20H16F4N4O4/c21-17-12(20(22,23)24)5-4-10-14(6-7-32-18(10)17)27-19(31)26-13-2-1-3-15-11(13)8-25-28(15)9-16(29)30/h1-5,8,14H,6-7,9H2,(H,29,30)(H2,26,27,31). The van der Waals surface area contributed by atoms with E-state index >= 15 is 0 Å². The van der Waals surface area contributed by atoms with Gasteiger partial charge in [0, 0.05) is 17.4 Å². The third-order valence-electron chi connectivity index (χ3n) is 4.99. The molecule has 1 atom stereocenters. The summed E-state index contributed by atoms with van der Waals surface area (Å²) in [6.07, 6.45) is -3.23. The van der Waals surface area contributed by atoms with Crippen molar-refractivity contribution in [3.05, 3.63) is 53.5 Å². The molecular weight excluding hydrogens is 436 g/mol. The van der Waals surface area contributed by atoms with Crippen molar-refractivity contribution in [2.75, 3.05) is 11.9 Å². The highest BCUT2D eigenvalue weighted by Crippen LogP contribution is 2.41. The van der Waals surface area contributed by atoms with Crippen molar-refractivity contribution in [1.82, 2.24) is 15.1 Å². The molecular formula is C20H16F4N4O4. The smallest absolute Gasteiger partial charge is 0.419 e. The Labute approximate surface area is 177 Å². The molecule has 2 heterocycles. The normalized spacial score (nSPS) is 15.7. The number of hydrogen-bond donors (Lipinski definition) is 3. The molecule has 4 rings (SSSR count). The summed E-state index contributed by atoms with van der Waals surface area (Å²) in [5, 5.41) is 18.7. The summed E-state index contributed by atoms with van der Waals surface area (Å²) < 4.78 is 59.6. The molecule has 1 unspecified atom stereocenters. The third kappa shape index (κ3) is 4.03. The molecule has 8 nitrogen and oxygen atoms in total. The van der Waals surface area contributed by atoms with Gasteiger partial charge in [0.05, 0.1) is 35.6 Å². The topological polar surface area (TPSA) is 105 Å². The first-order valence-electron chi connectivity index (χ1n) is 9.41. The summed E-state index contributed by atoms with van der Waals surface area (Å²) in [5.74, 6) is -3.13. The lowest BCUT2D eigenvalue weighted by Gasteiger charge is -2.28. The number of ether oxygens (including phenoxy) is 1. The summed E-state index contributed by atoms with van der Waals surface area (Å²) >= 11 is 0. The molecule has 12 heteroatoms. The van der Waals surface area contributed by atoms with E-state index in [1.807, 2.05) is 0 Å². The van der Waals surface area contributed by atoms with Gasteiger partial charge in [0.1, 0.15) is 6.54 Å². The van der Waals surface area contributed by atoms with E-state index in [1.54, 1.807) is 18.2 Å². The number of carbonyl (C=O) groups excluding carboxylic acids is 1. The summed E-state index contributed by atoms with van der Waals surface area (Å²) in [7, 11) is 0. The second-order valence-electron chi connectivity index (χ2n) is 7.07. The number of fused-ring (bicyclic) bond motifs is 2. The van der Waals surface area contributed by atoms with Crippen molar-refractivity contribution in [2.24, 2.45) is 0 Å². The predicted octanol–water partition coefficient (Wildman–Crippen LogP) is 3.92. The summed E-state index contributed by atoms with van der Waals surface area (Å²) in [4.78, 5) is 23.5. The maximum atomic E-state index is 14.4. The highest BCUT2D eigenvalue weighted by atomic mass is 19.4. The van der Waals surface area contributed by atoms with Crippen LogP contribution < -0.4 is 15.4 Å². The number of alkyl halides is 3. The molecule has 3 N–H and O–H groups in total. The Morgan fingerprint density at radius 3 is 2.75 bits per heavy atom. The van der Waals surface area contributed by atoms with E-state index in [4.69, 9.17) is 9.84 Å². The zero-order valence-electron chi connectivity index (χ0n) is 16.2. The number of carboxylic acids is 1. The minimum atomic E-state index is -4.87. The molecule has 0 aliphatic carbocycles. The van der Waals surface area contributed by atoms with Crippen LogP contribution in [0.4, 0.5) is 28.0 Å². The fourth-order valence-corrected chi connectivity index (χ4v) is 3.58. The van der Waals surface area contributed by atoms with Gasteiger partial charge in [-0.2, -0.15) is 18.3 Å². The van der Waals surface area contributed by atoms with Gasteiger partial charge in [-0.15, -0.1) is 0 Å². The first-order valence-corrected chi connectivity index (χ1v) is 9.41. The Balaban J connectivity index is 1.55. The molecule has 32 heavy (non-hydrogen) atoms. The van der Waals surface area contributed by atoms with Gasteiger partial charge < -0.3 is 20.5 Å². The monoisotopic (exact) mass is 452 g/mol. The molecule has 0 saturated heterocycles. The van der Waals surface area contributed by atoms with Crippen molar-refractivity contribution < 1.29 is 37.0 Å². The molecule has 0 spiro atoms. The van der Waals surface area contributed by atoms with Crippen LogP contribution in [0, 0.1) is 5.82 Å². The number of carbonyl (C=O) groups is 2. The number of nitrogens with one attached hydrogen (secondary N) is 2. The van der Waals surface area contributed by atoms with E-state index in [9.17, 15) is 27.2 Å². The predicted molar refractivity (Wildman–Crippen MR) is 104 cm³/mol. The van der Waals surface area contributed by atoms with Gasteiger partial charge in [0.15, 0.2) is 11.6 Å². The molecule has 0 radical (unpaired) electrons. The van der Waals surface area contributed by atoms with Crippen LogP contribution in [-0.2, 0) is 17.5 Å². The second kappa shape index (κ2) is 8.02. The van der Waals surface area contributed by atoms with Gasteiger partial charge in [-0.3, -0.25) is 9.48 Å². The number of carboxylic acid groups (broad SMARTS) is 1. The Kier molecular flexibility index (Phi) is 5.36. The van der Waals surface area contributed by atoms with E-state index in [2.05, 4.69) is 15.7 Å². The number of hydrogen-bond acceptors (Lipinski definition) is 4. The third-order valence-corrected chi connectivity index (χ3v) is 4.99. The van der Waals surface area contributed by atoms with Crippen molar-refractivity contribution >= 4 is 28.6 Å². The number of anilines is 1. The highest BCUT2D eigenvalue weighted by molar-refractivity contribution is 6.00.